The van der Waals surface area contributed by atoms with Crippen molar-refractivity contribution in [2.75, 3.05) is 7.11 Å². The largest absolute Gasteiger partial charge is 0.465 e. The quantitative estimate of drug-likeness (QED) is 0.348. The van der Waals surface area contributed by atoms with Gasteiger partial charge in [0.05, 0.1) is 18.2 Å². The van der Waals surface area contributed by atoms with Crippen molar-refractivity contribution in [3.63, 3.8) is 0 Å². The Balaban J connectivity index is 2.05. The minimum Gasteiger partial charge on any atom is -0.465 e. The van der Waals surface area contributed by atoms with Crippen molar-refractivity contribution < 1.29 is 19.1 Å². The van der Waals surface area contributed by atoms with Gasteiger partial charge in [-0.05, 0) is 68.2 Å². The van der Waals surface area contributed by atoms with E-state index < -0.39 is 11.6 Å². The summed E-state index contributed by atoms with van der Waals surface area (Å²) in [5, 5.41) is 0. The van der Waals surface area contributed by atoms with Gasteiger partial charge >= 0.3 is 11.9 Å². The zero-order valence-electron chi connectivity index (χ0n) is 19.0. The standard InChI is InChI=1S/C26H27NO4S/c1-17-8-6-7-9-21(17)23-13-18(10-11-22(23)25(29)30-5)12-19(14-20-15-27-16-32-20)24(28)31-26(2,3)4/h6-11,13-16H,12H2,1-5H3/b19-14-. The van der Waals surface area contributed by atoms with Crippen molar-refractivity contribution >= 4 is 29.4 Å². The van der Waals surface area contributed by atoms with Crippen molar-refractivity contribution in [2.24, 2.45) is 0 Å². The number of nitrogens with zero attached hydrogens (tertiary/aromatic N) is 1. The Morgan fingerprint density at radius 1 is 1.09 bits per heavy atom. The minimum absolute atomic E-state index is 0.354. The number of rotatable bonds is 6. The second-order valence-electron chi connectivity index (χ2n) is 8.44. The Labute approximate surface area is 192 Å². The molecule has 1 aromatic heterocycles. The highest BCUT2D eigenvalue weighted by atomic mass is 32.1. The SMILES string of the molecule is COC(=O)c1ccc(C/C(=C/c2cncs2)C(=O)OC(C)(C)C)cc1-c1ccccc1C. The molecule has 0 aliphatic carbocycles. The topological polar surface area (TPSA) is 65.5 Å². The van der Waals surface area contributed by atoms with Gasteiger partial charge in [-0.3, -0.25) is 4.98 Å². The maximum Gasteiger partial charge on any atom is 0.338 e. The van der Waals surface area contributed by atoms with Gasteiger partial charge in [-0.25, -0.2) is 9.59 Å². The van der Waals surface area contributed by atoms with Crippen LogP contribution in [0, 0.1) is 6.92 Å². The van der Waals surface area contributed by atoms with E-state index in [1.54, 1.807) is 17.8 Å². The Kier molecular flexibility index (Phi) is 7.26. The summed E-state index contributed by atoms with van der Waals surface area (Å²) in [6.07, 6.45) is 3.88. The van der Waals surface area contributed by atoms with Crippen molar-refractivity contribution in [3.05, 3.63) is 81.3 Å². The third-order valence-electron chi connectivity index (χ3n) is 4.75. The van der Waals surface area contributed by atoms with Gasteiger partial charge in [0.15, 0.2) is 0 Å². The maximum absolute atomic E-state index is 12.9. The number of carbonyl (C=O) groups excluding carboxylic acids is 2. The fraction of sp³-hybridized carbons (Fsp3) is 0.269. The average Bonchev–Trinajstić information content (AvgIpc) is 3.25. The van der Waals surface area contributed by atoms with Gasteiger partial charge in [0.1, 0.15) is 5.60 Å². The summed E-state index contributed by atoms with van der Waals surface area (Å²) in [5.74, 6) is -0.775. The Morgan fingerprint density at radius 3 is 2.47 bits per heavy atom. The lowest BCUT2D eigenvalue weighted by Crippen LogP contribution is -2.25. The first-order chi connectivity index (χ1) is 15.2. The second kappa shape index (κ2) is 9.92. The number of ether oxygens (including phenoxy) is 2. The molecule has 2 aromatic carbocycles. The van der Waals surface area contributed by atoms with Crippen LogP contribution in [-0.2, 0) is 20.7 Å². The number of aryl methyl sites for hydroxylation is 1. The predicted molar refractivity (Wildman–Crippen MR) is 128 cm³/mol. The van der Waals surface area contributed by atoms with Gasteiger partial charge in [-0.2, -0.15) is 0 Å². The molecule has 0 N–H and O–H groups in total. The summed E-state index contributed by atoms with van der Waals surface area (Å²) in [5.41, 5.74) is 5.76. The van der Waals surface area contributed by atoms with Crippen LogP contribution in [0.3, 0.4) is 0 Å². The lowest BCUT2D eigenvalue weighted by atomic mass is 9.92. The molecule has 166 valence electrons. The molecule has 6 heteroatoms. The summed E-state index contributed by atoms with van der Waals surface area (Å²) < 4.78 is 10.6. The Bertz CT molecular complexity index is 1140. The van der Waals surface area contributed by atoms with Crippen LogP contribution < -0.4 is 0 Å². The summed E-state index contributed by atoms with van der Waals surface area (Å²) in [6.45, 7) is 7.53. The molecule has 0 amide bonds. The fourth-order valence-corrected chi connectivity index (χ4v) is 3.88. The molecular formula is C26H27NO4S. The highest BCUT2D eigenvalue weighted by Crippen LogP contribution is 2.30. The molecule has 1 heterocycles. The van der Waals surface area contributed by atoms with Crippen LogP contribution in [0.2, 0.25) is 0 Å². The Hall–Kier alpha value is -3.25. The smallest absolute Gasteiger partial charge is 0.338 e. The minimum atomic E-state index is -0.606. The first kappa shape index (κ1) is 23.4. The zero-order valence-corrected chi connectivity index (χ0v) is 19.8. The second-order valence-corrected chi connectivity index (χ2v) is 9.36. The van der Waals surface area contributed by atoms with E-state index in [2.05, 4.69) is 4.98 Å². The third kappa shape index (κ3) is 5.92. The molecule has 0 atom stereocenters. The number of benzene rings is 2. The van der Waals surface area contributed by atoms with Gasteiger partial charge in [0.25, 0.3) is 0 Å². The van der Waals surface area contributed by atoms with Gasteiger partial charge in [-0.15, -0.1) is 11.3 Å². The normalized spacial score (nSPS) is 11.8. The van der Waals surface area contributed by atoms with Gasteiger partial charge < -0.3 is 9.47 Å². The van der Waals surface area contributed by atoms with Gasteiger partial charge in [-0.1, -0.05) is 30.3 Å². The molecule has 0 unspecified atom stereocenters. The number of aromatic nitrogens is 1. The van der Waals surface area contributed by atoms with E-state index in [0.29, 0.717) is 17.6 Å². The predicted octanol–water partition coefficient (Wildman–Crippen LogP) is 5.87. The summed E-state index contributed by atoms with van der Waals surface area (Å²) in [4.78, 5) is 30.3. The number of carbonyl (C=O) groups is 2. The number of thiazole rings is 1. The van der Waals surface area contributed by atoms with Crippen LogP contribution in [0.4, 0.5) is 0 Å². The van der Waals surface area contributed by atoms with Crippen molar-refractivity contribution in [1.29, 1.82) is 0 Å². The molecule has 0 aliphatic rings. The lowest BCUT2D eigenvalue weighted by molar-refractivity contribution is -0.149. The molecule has 3 rings (SSSR count). The van der Waals surface area contributed by atoms with E-state index in [-0.39, 0.29) is 5.97 Å². The molecule has 0 saturated carbocycles. The van der Waals surface area contributed by atoms with E-state index in [1.165, 1.54) is 18.4 Å². The molecule has 5 nitrogen and oxygen atoms in total. The zero-order chi connectivity index (χ0) is 23.3. The maximum atomic E-state index is 12.9. The van der Waals surface area contributed by atoms with E-state index in [9.17, 15) is 9.59 Å². The van der Waals surface area contributed by atoms with Crippen molar-refractivity contribution in [2.45, 2.75) is 39.7 Å². The number of methoxy groups -OCH3 is 1. The van der Waals surface area contributed by atoms with Crippen LogP contribution in [0.1, 0.15) is 47.1 Å². The number of esters is 2. The molecule has 0 aliphatic heterocycles. The van der Waals surface area contributed by atoms with Crippen LogP contribution in [0.25, 0.3) is 17.2 Å². The summed E-state index contributed by atoms with van der Waals surface area (Å²) >= 11 is 1.45. The Morgan fingerprint density at radius 2 is 1.84 bits per heavy atom. The molecule has 3 aromatic rings. The van der Waals surface area contributed by atoms with Crippen molar-refractivity contribution in [1.82, 2.24) is 4.98 Å². The average molecular weight is 450 g/mol. The van der Waals surface area contributed by atoms with E-state index in [4.69, 9.17) is 9.47 Å². The van der Waals surface area contributed by atoms with Gasteiger partial charge in [0.2, 0.25) is 0 Å². The number of hydrogen-bond acceptors (Lipinski definition) is 6. The molecular weight excluding hydrogens is 422 g/mol. The molecule has 0 bridgehead atoms. The molecule has 0 spiro atoms. The number of hydrogen-bond donors (Lipinski definition) is 0. The monoisotopic (exact) mass is 449 g/mol. The molecule has 0 saturated heterocycles. The van der Waals surface area contributed by atoms with E-state index in [1.807, 2.05) is 70.2 Å². The highest BCUT2D eigenvalue weighted by Gasteiger charge is 2.22. The van der Waals surface area contributed by atoms with Crippen LogP contribution in [0.5, 0.6) is 0 Å². The third-order valence-corrected chi connectivity index (χ3v) is 5.47. The van der Waals surface area contributed by atoms with Crippen LogP contribution in [0.15, 0.2) is 59.7 Å². The van der Waals surface area contributed by atoms with Crippen LogP contribution >= 0.6 is 11.3 Å². The molecule has 0 fully saturated rings. The lowest BCUT2D eigenvalue weighted by Gasteiger charge is -2.21. The first-order valence-electron chi connectivity index (χ1n) is 10.3. The fourth-order valence-electron chi connectivity index (χ4n) is 3.30. The summed E-state index contributed by atoms with van der Waals surface area (Å²) in [6, 6.07) is 13.4. The molecule has 32 heavy (non-hydrogen) atoms. The van der Waals surface area contributed by atoms with Crippen molar-refractivity contribution in [3.8, 4) is 11.1 Å². The van der Waals surface area contributed by atoms with E-state index in [0.717, 1.165) is 27.1 Å². The van der Waals surface area contributed by atoms with Crippen LogP contribution in [-0.4, -0.2) is 29.6 Å². The first-order valence-corrected chi connectivity index (χ1v) is 11.2. The van der Waals surface area contributed by atoms with Gasteiger partial charge in [0, 0.05) is 23.1 Å². The molecule has 0 radical (unpaired) electrons. The highest BCUT2D eigenvalue weighted by molar-refractivity contribution is 7.10. The summed E-state index contributed by atoms with van der Waals surface area (Å²) in [7, 11) is 1.37. The van der Waals surface area contributed by atoms with E-state index >= 15 is 0 Å².